The molecule has 0 atom stereocenters. The summed E-state index contributed by atoms with van der Waals surface area (Å²) in [6.45, 7) is 0. The van der Waals surface area contributed by atoms with E-state index in [4.69, 9.17) is 0 Å². The first kappa shape index (κ1) is 27.7. The maximum Gasteiger partial charge on any atom is 0.0552 e. The molecule has 8 aromatic carbocycles. The first-order valence-corrected chi connectivity index (χ1v) is 16.7. The number of anilines is 3. The highest BCUT2D eigenvalue weighted by Crippen LogP contribution is 2.44. The van der Waals surface area contributed by atoms with Gasteiger partial charge >= 0.3 is 0 Å². The largest absolute Gasteiger partial charge is 0.310 e. The van der Waals surface area contributed by atoms with E-state index in [1.165, 1.54) is 54.5 Å². The van der Waals surface area contributed by atoms with E-state index in [-0.39, 0.29) is 0 Å². The number of rotatable bonds is 5. The molecule has 0 aliphatic heterocycles. The molecule has 0 amide bonds. The van der Waals surface area contributed by atoms with Crippen LogP contribution in [0.25, 0.3) is 60.2 Å². The third-order valence-corrected chi connectivity index (χ3v) is 9.88. The zero-order chi connectivity index (χ0) is 31.3. The molecule has 0 aliphatic rings. The molecule has 0 aliphatic carbocycles. The Morgan fingerprint density at radius 1 is 0.447 bits per heavy atom. The van der Waals surface area contributed by atoms with Gasteiger partial charge in [-0.1, -0.05) is 125 Å². The third-order valence-electron chi connectivity index (χ3n) is 9.22. The molecule has 47 heavy (non-hydrogen) atoms. The number of fused-ring (bicyclic) bond motifs is 6. The third kappa shape index (κ3) is 4.54. The average Bonchev–Trinajstić information content (AvgIpc) is 3.49. The predicted molar refractivity (Wildman–Crippen MR) is 204 cm³/mol. The topological polar surface area (TPSA) is 8.17 Å². The molecule has 222 valence electrons. The molecule has 3 heteroatoms. The Morgan fingerprint density at radius 2 is 1.09 bits per heavy atom. The molecule has 0 spiro atoms. The van der Waals surface area contributed by atoms with Crippen LogP contribution in [0.3, 0.4) is 0 Å². The first-order valence-electron chi connectivity index (χ1n) is 15.9. The highest BCUT2D eigenvalue weighted by Gasteiger charge is 2.19. The van der Waals surface area contributed by atoms with E-state index in [2.05, 4.69) is 201 Å². The van der Waals surface area contributed by atoms with Crippen LogP contribution in [0.5, 0.6) is 0 Å². The molecule has 0 saturated carbocycles. The minimum absolute atomic E-state index is 1.10. The Labute approximate surface area is 281 Å². The Balaban J connectivity index is 1.25. The summed E-state index contributed by atoms with van der Waals surface area (Å²) in [5, 5.41) is 7.41. The monoisotopic (exact) mass is 664 g/mol. The normalized spacial score (nSPS) is 11.5. The van der Waals surface area contributed by atoms with Gasteiger partial charge in [-0.25, -0.2) is 0 Å². The Kier molecular flexibility index (Phi) is 6.65. The molecule has 0 N–H and O–H groups in total. The number of halogens is 1. The second kappa shape index (κ2) is 11.3. The fraction of sp³-hybridized carbons (Fsp3) is 0. The fourth-order valence-electron chi connectivity index (χ4n) is 7.19. The van der Waals surface area contributed by atoms with Gasteiger partial charge in [-0.2, -0.15) is 0 Å². The zero-order valence-electron chi connectivity index (χ0n) is 25.5. The molecular formula is C44H29BrN2. The number of benzene rings is 8. The first-order chi connectivity index (χ1) is 23.3. The SMILES string of the molecule is Brc1cccc2c1c1c3cccc(-c4ccc5c(N(c6ccccc6)c6ccccc6)cccc5c4)c3ccc1n2-c1ccccc1. The van der Waals surface area contributed by atoms with Crippen molar-refractivity contribution in [2.75, 3.05) is 4.90 Å². The van der Waals surface area contributed by atoms with Crippen molar-refractivity contribution in [1.29, 1.82) is 0 Å². The van der Waals surface area contributed by atoms with Crippen molar-refractivity contribution in [1.82, 2.24) is 4.57 Å². The van der Waals surface area contributed by atoms with Crippen molar-refractivity contribution >= 4 is 76.3 Å². The van der Waals surface area contributed by atoms with Gasteiger partial charge in [0, 0.05) is 37.7 Å². The van der Waals surface area contributed by atoms with Crippen LogP contribution in [-0.2, 0) is 0 Å². The molecule has 0 fully saturated rings. The zero-order valence-corrected chi connectivity index (χ0v) is 27.1. The van der Waals surface area contributed by atoms with Crippen LogP contribution < -0.4 is 4.90 Å². The Bertz CT molecular complexity index is 2530. The lowest BCUT2D eigenvalue weighted by Crippen LogP contribution is -2.10. The van der Waals surface area contributed by atoms with E-state index < -0.39 is 0 Å². The van der Waals surface area contributed by atoms with Gasteiger partial charge in [0.15, 0.2) is 0 Å². The summed E-state index contributed by atoms with van der Waals surface area (Å²) in [6.07, 6.45) is 0. The summed E-state index contributed by atoms with van der Waals surface area (Å²) in [5.74, 6) is 0. The number of nitrogens with zero attached hydrogens (tertiary/aromatic N) is 2. The maximum absolute atomic E-state index is 3.91. The Morgan fingerprint density at radius 3 is 1.83 bits per heavy atom. The molecule has 1 aromatic heterocycles. The van der Waals surface area contributed by atoms with Crippen molar-refractivity contribution < 1.29 is 0 Å². The van der Waals surface area contributed by atoms with E-state index in [9.17, 15) is 0 Å². The van der Waals surface area contributed by atoms with Crippen LogP contribution in [0.1, 0.15) is 0 Å². The summed E-state index contributed by atoms with van der Waals surface area (Å²) >= 11 is 3.91. The lowest BCUT2D eigenvalue weighted by atomic mass is 9.94. The molecule has 0 unspecified atom stereocenters. The molecular weight excluding hydrogens is 636 g/mol. The van der Waals surface area contributed by atoms with Crippen molar-refractivity contribution in [3.63, 3.8) is 0 Å². The van der Waals surface area contributed by atoms with Crippen LogP contribution in [0.15, 0.2) is 180 Å². The molecule has 0 bridgehead atoms. The van der Waals surface area contributed by atoms with Crippen LogP contribution in [-0.4, -0.2) is 4.57 Å². The summed E-state index contributed by atoms with van der Waals surface area (Å²) in [7, 11) is 0. The van der Waals surface area contributed by atoms with Crippen molar-refractivity contribution in [2.45, 2.75) is 0 Å². The van der Waals surface area contributed by atoms with Crippen molar-refractivity contribution in [2.24, 2.45) is 0 Å². The van der Waals surface area contributed by atoms with E-state index in [1.54, 1.807) is 0 Å². The molecule has 1 heterocycles. The van der Waals surface area contributed by atoms with Gasteiger partial charge in [-0.3, -0.25) is 0 Å². The van der Waals surface area contributed by atoms with Gasteiger partial charge in [0.2, 0.25) is 0 Å². The lowest BCUT2D eigenvalue weighted by Gasteiger charge is -2.27. The summed E-state index contributed by atoms with van der Waals surface area (Å²) in [4.78, 5) is 2.34. The molecule has 0 saturated heterocycles. The van der Waals surface area contributed by atoms with E-state index in [1.807, 2.05) is 0 Å². The Hall–Kier alpha value is -5.64. The smallest absolute Gasteiger partial charge is 0.0552 e. The lowest BCUT2D eigenvalue weighted by molar-refractivity contribution is 1.18. The van der Waals surface area contributed by atoms with Gasteiger partial charge in [-0.15, -0.1) is 0 Å². The number of hydrogen-bond acceptors (Lipinski definition) is 1. The highest BCUT2D eigenvalue weighted by atomic mass is 79.9. The van der Waals surface area contributed by atoms with Gasteiger partial charge in [0.05, 0.1) is 16.7 Å². The molecule has 0 radical (unpaired) electrons. The second-order valence-electron chi connectivity index (χ2n) is 11.9. The van der Waals surface area contributed by atoms with E-state index in [0.717, 1.165) is 27.2 Å². The van der Waals surface area contributed by atoms with Gasteiger partial charge in [-0.05, 0) is 94.0 Å². The van der Waals surface area contributed by atoms with Crippen LogP contribution in [0.4, 0.5) is 17.1 Å². The predicted octanol–water partition coefficient (Wildman–Crippen LogP) is 13.0. The summed E-state index contributed by atoms with van der Waals surface area (Å²) in [5.41, 5.74) is 9.41. The minimum Gasteiger partial charge on any atom is -0.310 e. The van der Waals surface area contributed by atoms with E-state index in [0.29, 0.717) is 0 Å². The minimum atomic E-state index is 1.10. The van der Waals surface area contributed by atoms with E-state index >= 15 is 0 Å². The maximum atomic E-state index is 3.91. The van der Waals surface area contributed by atoms with Crippen molar-refractivity contribution in [3.8, 4) is 16.8 Å². The fourth-order valence-corrected chi connectivity index (χ4v) is 7.74. The number of para-hydroxylation sites is 3. The van der Waals surface area contributed by atoms with Crippen LogP contribution >= 0.6 is 15.9 Å². The van der Waals surface area contributed by atoms with Crippen LogP contribution in [0, 0.1) is 0 Å². The van der Waals surface area contributed by atoms with Gasteiger partial charge in [0.25, 0.3) is 0 Å². The summed E-state index contributed by atoms with van der Waals surface area (Å²) < 4.78 is 3.48. The van der Waals surface area contributed by atoms with Gasteiger partial charge in [0.1, 0.15) is 0 Å². The standard InChI is InChI=1S/C44H29BrN2/c45-39-22-12-24-41-44(39)43-38-21-11-20-35(37(38)27-28-42(43)47(41)34-18-8-3-9-19-34)31-25-26-36-30(29-31)13-10-23-40(36)46(32-14-4-1-5-15-32)33-16-6-2-7-17-33/h1-29H. The molecule has 2 nitrogen and oxygen atoms in total. The number of aromatic nitrogens is 1. The second-order valence-corrected chi connectivity index (χ2v) is 12.7. The number of hydrogen-bond donors (Lipinski definition) is 0. The average molecular weight is 666 g/mol. The van der Waals surface area contributed by atoms with Crippen LogP contribution in [0.2, 0.25) is 0 Å². The summed E-state index contributed by atoms with van der Waals surface area (Å²) in [6, 6.07) is 63.2. The van der Waals surface area contributed by atoms with Gasteiger partial charge < -0.3 is 9.47 Å². The molecule has 9 rings (SSSR count). The quantitative estimate of drug-likeness (QED) is 0.178. The highest BCUT2D eigenvalue weighted by molar-refractivity contribution is 9.10. The molecule has 9 aromatic rings. The van der Waals surface area contributed by atoms with Crippen molar-refractivity contribution in [3.05, 3.63) is 180 Å².